The Labute approximate surface area is 151 Å². The molecule has 1 unspecified atom stereocenters. The summed E-state index contributed by atoms with van der Waals surface area (Å²) in [5, 5.41) is 0.297. The van der Waals surface area contributed by atoms with Crippen LogP contribution in [-0.4, -0.2) is 44.8 Å². The summed E-state index contributed by atoms with van der Waals surface area (Å²) in [7, 11) is -0.0285. The number of methoxy groups -OCH3 is 1. The number of allylic oxidation sites excluding steroid dienone is 3. The lowest BCUT2D eigenvalue weighted by atomic mass is 10.1. The van der Waals surface area contributed by atoms with E-state index in [-0.39, 0.29) is 11.8 Å². The van der Waals surface area contributed by atoms with Gasteiger partial charge in [0.1, 0.15) is 0 Å². The molecule has 24 heavy (non-hydrogen) atoms. The molecule has 0 amide bonds. The smallest absolute Gasteiger partial charge is 0.305 e. The molecule has 1 rings (SSSR count). The van der Waals surface area contributed by atoms with Gasteiger partial charge in [-0.2, -0.15) is 11.8 Å². The molecule has 0 heterocycles. The monoisotopic (exact) mass is 370 g/mol. The highest BCUT2D eigenvalue weighted by atomic mass is 32.2. The lowest BCUT2D eigenvalue weighted by Gasteiger charge is -2.17. The maximum atomic E-state index is 12.0. The van der Waals surface area contributed by atoms with E-state index >= 15 is 0 Å². The molecule has 136 valence electrons. The highest BCUT2D eigenvalue weighted by molar-refractivity contribution is 8.00. The summed E-state index contributed by atoms with van der Waals surface area (Å²) >= 11 is 1.81. The van der Waals surface area contributed by atoms with Gasteiger partial charge in [0.05, 0.1) is 7.11 Å². The SMILES string of the molecule is COC(=O)CCCC=CCC1=CC(SCCO[Si](C)(C)C)CC1=O. The number of unbranched alkanes of at least 4 members (excludes halogenated alkanes) is 1. The summed E-state index contributed by atoms with van der Waals surface area (Å²) in [6.07, 6.45) is 9.56. The number of Topliss-reactive ketones (excluding diaryl/α,β-unsaturated/α-hetero) is 1. The zero-order valence-corrected chi connectivity index (χ0v) is 17.1. The van der Waals surface area contributed by atoms with Crippen LogP contribution in [0.2, 0.25) is 19.6 Å². The van der Waals surface area contributed by atoms with E-state index in [1.54, 1.807) is 0 Å². The molecule has 0 aliphatic heterocycles. The van der Waals surface area contributed by atoms with Crippen LogP contribution in [0.15, 0.2) is 23.8 Å². The maximum absolute atomic E-state index is 12.0. The normalized spacial score (nSPS) is 18.2. The van der Waals surface area contributed by atoms with E-state index in [1.165, 1.54) is 7.11 Å². The number of carbonyl (C=O) groups excluding carboxylic acids is 2. The number of ether oxygens (including phenoxy) is 1. The minimum atomic E-state index is -1.43. The predicted octanol–water partition coefficient (Wildman–Crippen LogP) is 4.13. The summed E-state index contributed by atoms with van der Waals surface area (Å²) in [5.74, 6) is 1.03. The average Bonchev–Trinajstić information content (AvgIpc) is 2.86. The van der Waals surface area contributed by atoms with Crippen molar-refractivity contribution in [2.45, 2.75) is 57.0 Å². The molecule has 1 aliphatic carbocycles. The Kier molecular flexibility index (Phi) is 9.62. The van der Waals surface area contributed by atoms with Gasteiger partial charge >= 0.3 is 5.97 Å². The fourth-order valence-electron chi connectivity index (χ4n) is 2.32. The van der Waals surface area contributed by atoms with E-state index in [0.29, 0.717) is 24.5 Å². The summed E-state index contributed by atoms with van der Waals surface area (Å²) in [6, 6.07) is 0. The second kappa shape index (κ2) is 10.9. The Morgan fingerprint density at radius 3 is 2.79 bits per heavy atom. The van der Waals surface area contributed by atoms with Crippen molar-refractivity contribution >= 4 is 31.8 Å². The summed E-state index contributed by atoms with van der Waals surface area (Å²) in [6.45, 7) is 7.33. The van der Waals surface area contributed by atoms with Crippen molar-refractivity contribution in [3.8, 4) is 0 Å². The number of hydrogen-bond donors (Lipinski definition) is 0. The molecule has 4 nitrogen and oxygen atoms in total. The van der Waals surface area contributed by atoms with Crippen LogP contribution < -0.4 is 0 Å². The van der Waals surface area contributed by atoms with Crippen molar-refractivity contribution in [2.75, 3.05) is 19.5 Å². The van der Waals surface area contributed by atoms with Gasteiger partial charge < -0.3 is 9.16 Å². The topological polar surface area (TPSA) is 52.6 Å². The van der Waals surface area contributed by atoms with Crippen LogP contribution in [0.3, 0.4) is 0 Å². The zero-order valence-electron chi connectivity index (χ0n) is 15.3. The summed E-state index contributed by atoms with van der Waals surface area (Å²) in [5.41, 5.74) is 0.919. The number of thioether (sulfide) groups is 1. The van der Waals surface area contributed by atoms with Gasteiger partial charge in [-0.15, -0.1) is 0 Å². The molecule has 0 aromatic heterocycles. The number of hydrogen-bond acceptors (Lipinski definition) is 5. The number of rotatable bonds is 11. The van der Waals surface area contributed by atoms with Crippen LogP contribution >= 0.6 is 11.8 Å². The molecule has 1 aliphatic rings. The van der Waals surface area contributed by atoms with Gasteiger partial charge in [-0.3, -0.25) is 9.59 Å². The zero-order chi connectivity index (χ0) is 18.0. The fourth-order valence-corrected chi connectivity index (χ4v) is 4.20. The molecular weight excluding hydrogens is 340 g/mol. The van der Waals surface area contributed by atoms with E-state index in [0.717, 1.165) is 30.8 Å². The van der Waals surface area contributed by atoms with E-state index in [4.69, 9.17) is 4.43 Å². The van der Waals surface area contributed by atoms with Gasteiger partial charge in [-0.25, -0.2) is 0 Å². The Balaban J connectivity index is 2.23. The molecule has 6 heteroatoms. The Bertz CT molecular complexity index is 480. The van der Waals surface area contributed by atoms with Gasteiger partial charge in [-0.1, -0.05) is 18.2 Å². The third kappa shape index (κ3) is 9.44. The highest BCUT2D eigenvalue weighted by Gasteiger charge is 2.23. The molecule has 0 N–H and O–H groups in total. The molecule has 1 atom stereocenters. The van der Waals surface area contributed by atoms with Gasteiger partial charge in [0.2, 0.25) is 0 Å². The summed E-state index contributed by atoms with van der Waals surface area (Å²) in [4.78, 5) is 23.0. The molecule has 0 saturated heterocycles. The van der Waals surface area contributed by atoms with Gasteiger partial charge in [0.25, 0.3) is 0 Å². The quantitative estimate of drug-likeness (QED) is 0.237. The van der Waals surface area contributed by atoms with Crippen molar-refractivity contribution in [3.05, 3.63) is 23.8 Å². The average molecular weight is 371 g/mol. The third-order valence-corrected chi connectivity index (χ3v) is 5.77. The predicted molar refractivity (Wildman–Crippen MR) is 103 cm³/mol. The van der Waals surface area contributed by atoms with Crippen molar-refractivity contribution in [1.82, 2.24) is 0 Å². The third-order valence-electron chi connectivity index (χ3n) is 3.57. The minimum Gasteiger partial charge on any atom is -0.469 e. The standard InChI is InChI=1S/C18H30O4SSi/c1-21-18(20)10-8-6-5-7-9-15-13-16(14-17(15)19)23-12-11-22-24(2,3)4/h5,7,13,16H,6,8-12,14H2,1-4H3. The molecular formula is C18H30O4SSi. The van der Waals surface area contributed by atoms with Crippen molar-refractivity contribution in [1.29, 1.82) is 0 Å². The van der Waals surface area contributed by atoms with E-state index in [2.05, 4.69) is 30.5 Å². The van der Waals surface area contributed by atoms with E-state index in [1.807, 2.05) is 23.9 Å². The Hall–Kier alpha value is -0.853. The highest BCUT2D eigenvalue weighted by Crippen LogP contribution is 2.28. The molecule has 0 aromatic rings. The van der Waals surface area contributed by atoms with Crippen LogP contribution in [0.25, 0.3) is 0 Å². The first-order chi connectivity index (χ1) is 11.3. The van der Waals surface area contributed by atoms with Crippen LogP contribution in [0.1, 0.15) is 32.1 Å². The molecule has 0 aromatic carbocycles. The second-order valence-corrected chi connectivity index (χ2v) is 12.7. The molecule has 0 spiro atoms. The molecule has 0 fully saturated rings. The molecule has 0 saturated carbocycles. The van der Waals surface area contributed by atoms with Crippen molar-refractivity contribution in [2.24, 2.45) is 0 Å². The van der Waals surface area contributed by atoms with Crippen LogP contribution in [0.5, 0.6) is 0 Å². The van der Waals surface area contributed by atoms with E-state index in [9.17, 15) is 9.59 Å². The first kappa shape index (κ1) is 21.2. The second-order valence-electron chi connectivity index (χ2n) is 6.83. The summed E-state index contributed by atoms with van der Waals surface area (Å²) < 4.78 is 10.4. The maximum Gasteiger partial charge on any atom is 0.305 e. The Morgan fingerprint density at radius 1 is 1.38 bits per heavy atom. The van der Waals surface area contributed by atoms with Crippen molar-refractivity contribution < 1.29 is 18.8 Å². The molecule has 0 radical (unpaired) electrons. The van der Waals surface area contributed by atoms with Crippen LogP contribution in [-0.2, 0) is 18.8 Å². The molecule has 0 bridgehead atoms. The van der Waals surface area contributed by atoms with Crippen LogP contribution in [0.4, 0.5) is 0 Å². The van der Waals surface area contributed by atoms with Crippen LogP contribution in [0, 0.1) is 0 Å². The Morgan fingerprint density at radius 2 is 2.12 bits per heavy atom. The number of carbonyl (C=O) groups is 2. The van der Waals surface area contributed by atoms with Gasteiger partial charge in [-0.05, 0) is 44.5 Å². The van der Waals surface area contributed by atoms with Gasteiger partial charge in [0, 0.05) is 30.5 Å². The number of esters is 1. The first-order valence-electron chi connectivity index (χ1n) is 8.53. The van der Waals surface area contributed by atoms with Gasteiger partial charge in [0.15, 0.2) is 14.1 Å². The fraction of sp³-hybridized carbons (Fsp3) is 0.667. The largest absolute Gasteiger partial charge is 0.469 e. The minimum absolute atomic E-state index is 0.171. The number of ketones is 1. The van der Waals surface area contributed by atoms with E-state index < -0.39 is 8.32 Å². The lowest BCUT2D eigenvalue weighted by Crippen LogP contribution is -2.26. The first-order valence-corrected chi connectivity index (χ1v) is 13.0. The lowest BCUT2D eigenvalue weighted by molar-refractivity contribution is -0.140. The van der Waals surface area contributed by atoms with Crippen molar-refractivity contribution in [3.63, 3.8) is 0 Å².